The molecule has 0 aliphatic heterocycles. The van der Waals surface area contributed by atoms with E-state index in [1.54, 1.807) is 48.5 Å². The first-order chi connectivity index (χ1) is 16.4. The van der Waals surface area contributed by atoms with Crippen molar-refractivity contribution in [2.75, 3.05) is 6.61 Å². The summed E-state index contributed by atoms with van der Waals surface area (Å²) in [4.78, 5) is 41.5. The lowest BCUT2D eigenvalue weighted by Crippen LogP contribution is -2.43. The first-order valence-electron chi connectivity index (χ1n) is 10.5. The molecule has 34 heavy (non-hydrogen) atoms. The van der Waals surface area contributed by atoms with E-state index in [0.29, 0.717) is 11.1 Å². The predicted molar refractivity (Wildman–Crippen MR) is 137 cm³/mol. The molecule has 1 atom stereocenters. The van der Waals surface area contributed by atoms with Gasteiger partial charge in [0.15, 0.2) is 12.4 Å². The number of H-pyrrole nitrogens is 1. The van der Waals surface area contributed by atoms with E-state index in [2.05, 4.69) is 42.2 Å². The van der Waals surface area contributed by atoms with E-state index in [1.165, 1.54) is 0 Å². The maximum Gasteiger partial charge on any atom is 0.329 e. The summed E-state index contributed by atoms with van der Waals surface area (Å²) in [6.07, 6.45) is 2.02. The Kier molecular flexibility index (Phi) is 7.59. The van der Waals surface area contributed by atoms with Crippen LogP contribution < -0.4 is 5.32 Å². The van der Waals surface area contributed by atoms with Gasteiger partial charge in [0.2, 0.25) is 0 Å². The van der Waals surface area contributed by atoms with E-state index in [4.69, 9.17) is 4.74 Å². The third-order valence-corrected chi connectivity index (χ3v) is 6.36. The number of hydrogen-bond acceptors (Lipinski definition) is 4. The van der Waals surface area contributed by atoms with Gasteiger partial charge < -0.3 is 15.0 Å². The molecule has 0 aliphatic rings. The highest BCUT2D eigenvalue weighted by atomic mass is 79.9. The molecule has 0 aliphatic carbocycles. The van der Waals surface area contributed by atoms with E-state index >= 15 is 0 Å². The molecule has 0 radical (unpaired) electrons. The number of nitrogens with one attached hydrogen (secondary N) is 2. The Morgan fingerprint density at radius 3 is 2.15 bits per heavy atom. The smallest absolute Gasteiger partial charge is 0.329 e. The molecule has 0 fully saturated rings. The van der Waals surface area contributed by atoms with Gasteiger partial charge in [-0.1, -0.05) is 62.2 Å². The normalized spacial score (nSPS) is 11.7. The standard InChI is InChI=1S/C26H20Br2N2O4/c27-19-9-5-16(6-10-19)24(31)15-34-26(33)23(30-25(32)17-7-11-20(28)12-8-17)13-18-14-29-22-4-2-1-3-21(18)22/h1-12,14,23,29H,13,15H2,(H,30,32)/t23-/m1/s1. The van der Waals surface area contributed by atoms with Crippen LogP contribution in [0.2, 0.25) is 0 Å². The highest BCUT2D eigenvalue weighted by molar-refractivity contribution is 9.10. The van der Waals surface area contributed by atoms with Gasteiger partial charge in [-0.15, -0.1) is 0 Å². The molecule has 0 saturated carbocycles. The monoisotopic (exact) mass is 582 g/mol. The summed E-state index contributed by atoms with van der Waals surface area (Å²) in [6.45, 7) is -0.418. The third kappa shape index (κ3) is 5.81. The molecule has 1 aromatic heterocycles. The molecule has 6 nitrogen and oxygen atoms in total. The van der Waals surface area contributed by atoms with E-state index in [-0.39, 0.29) is 12.2 Å². The summed E-state index contributed by atoms with van der Waals surface area (Å²) >= 11 is 6.67. The predicted octanol–water partition coefficient (Wildman–Crippen LogP) is 5.46. The van der Waals surface area contributed by atoms with Crippen molar-refractivity contribution in [2.24, 2.45) is 0 Å². The van der Waals surface area contributed by atoms with Crippen LogP contribution in [-0.2, 0) is 16.0 Å². The fourth-order valence-corrected chi connectivity index (χ4v) is 4.04. The molecule has 2 N–H and O–H groups in total. The second kappa shape index (κ2) is 10.8. The molecule has 0 unspecified atom stereocenters. The number of carbonyl (C=O) groups is 3. The van der Waals surface area contributed by atoms with Crippen LogP contribution >= 0.6 is 31.9 Å². The van der Waals surface area contributed by atoms with Crippen molar-refractivity contribution in [3.63, 3.8) is 0 Å². The Bertz CT molecular complexity index is 1330. The SMILES string of the molecule is O=C(COC(=O)[C@@H](Cc1c[nH]c2ccccc12)NC(=O)c1ccc(Br)cc1)c1ccc(Br)cc1. The van der Waals surface area contributed by atoms with E-state index < -0.39 is 24.5 Å². The molecule has 0 bridgehead atoms. The highest BCUT2D eigenvalue weighted by Gasteiger charge is 2.25. The number of ketones is 1. The number of hydrogen-bond donors (Lipinski definition) is 2. The van der Waals surface area contributed by atoms with Crippen molar-refractivity contribution in [1.82, 2.24) is 10.3 Å². The Labute approximate surface area is 213 Å². The lowest BCUT2D eigenvalue weighted by Gasteiger charge is -2.18. The fourth-order valence-electron chi connectivity index (χ4n) is 3.51. The van der Waals surface area contributed by atoms with Crippen molar-refractivity contribution >= 4 is 60.4 Å². The summed E-state index contributed by atoms with van der Waals surface area (Å²) in [5, 5.41) is 3.71. The molecule has 172 valence electrons. The van der Waals surface area contributed by atoms with Gasteiger partial charge in [0.1, 0.15) is 6.04 Å². The average Bonchev–Trinajstić information content (AvgIpc) is 3.25. The van der Waals surface area contributed by atoms with Gasteiger partial charge in [-0.25, -0.2) is 4.79 Å². The molecule has 4 rings (SSSR count). The molecule has 1 heterocycles. The highest BCUT2D eigenvalue weighted by Crippen LogP contribution is 2.20. The summed E-state index contributed by atoms with van der Waals surface area (Å²) in [5.41, 5.74) is 2.62. The number of ether oxygens (including phenoxy) is 1. The van der Waals surface area contributed by atoms with E-state index in [1.807, 2.05) is 30.5 Å². The van der Waals surface area contributed by atoms with Crippen molar-refractivity contribution < 1.29 is 19.1 Å². The Hall–Kier alpha value is -3.23. The number of carbonyl (C=O) groups excluding carboxylic acids is 3. The zero-order chi connectivity index (χ0) is 24.1. The number of para-hydroxylation sites is 1. The second-order valence-corrected chi connectivity index (χ2v) is 9.47. The van der Waals surface area contributed by atoms with Crippen LogP contribution in [0.5, 0.6) is 0 Å². The molecular formula is C26H20Br2N2O4. The molecule has 0 saturated heterocycles. The number of benzene rings is 3. The number of halogens is 2. The maximum atomic E-state index is 13.0. The molecule has 1 amide bonds. The lowest BCUT2D eigenvalue weighted by molar-refractivity contribution is -0.144. The summed E-state index contributed by atoms with van der Waals surface area (Å²) in [7, 11) is 0. The average molecular weight is 584 g/mol. The Morgan fingerprint density at radius 2 is 1.47 bits per heavy atom. The van der Waals surface area contributed by atoms with Crippen molar-refractivity contribution in [2.45, 2.75) is 12.5 Å². The van der Waals surface area contributed by atoms with Crippen LogP contribution in [0.25, 0.3) is 10.9 Å². The van der Waals surface area contributed by atoms with Crippen LogP contribution in [0.1, 0.15) is 26.3 Å². The summed E-state index contributed by atoms with van der Waals surface area (Å²) < 4.78 is 7.02. The van der Waals surface area contributed by atoms with Gasteiger partial charge in [-0.05, 0) is 48.0 Å². The Morgan fingerprint density at radius 1 is 0.853 bits per heavy atom. The Balaban J connectivity index is 1.51. The van der Waals surface area contributed by atoms with Crippen molar-refractivity contribution in [3.8, 4) is 0 Å². The van der Waals surface area contributed by atoms with Gasteiger partial charge in [-0.2, -0.15) is 0 Å². The molecule has 4 aromatic rings. The van der Waals surface area contributed by atoms with Gasteiger partial charge >= 0.3 is 5.97 Å². The van der Waals surface area contributed by atoms with Crippen molar-refractivity contribution in [1.29, 1.82) is 0 Å². The largest absolute Gasteiger partial charge is 0.456 e. The maximum absolute atomic E-state index is 13.0. The summed E-state index contributed by atoms with van der Waals surface area (Å²) in [5.74, 6) is -1.42. The van der Waals surface area contributed by atoms with Crippen LogP contribution in [0.4, 0.5) is 0 Å². The lowest BCUT2D eigenvalue weighted by atomic mass is 10.0. The number of fused-ring (bicyclic) bond motifs is 1. The van der Waals surface area contributed by atoms with Gasteiger partial charge in [0.05, 0.1) is 0 Å². The van der Waals surface area contributed by atoms with Crippen LogP contribution in [0, 0.1) is 0 Å². The summed E-state index contributed by atoms with van der Waals surface area (Å²) in [6, 6.07) is 20.3. The number of rotatable bonds is 8. The zero-order valence-electron chi connectivity index (χ0n) is 17.9. The van der Waals surface area contributed by atoms with Crippen LogP contribution in [-0.4, -0.2) is 35.3 Å². The second-order valence-electron chi connectivity index (χ2n) is 7.63. The first kappa shape index (κ1) is 23.9. The molecule has 0 spiro atoms. The molecule has 3 aromatic carbocycles. The minimum Gasteiger partial charge on any atom is -0.456 e. The molecule has 8 heteroatoms. The van der Waals surface area contributed by atoms with E-state index in [9.17, 15) is 14.4 Å². The molecular weight excluding hydrogens is 564 g/mol. The number of aromatic amines is 1. The quantitative estimate of drug-likeness (QED) is 0.213. The van der Waals surface area contributed by atoms with Crippen LogP contribution in [0.3, 0.4) is 0 Å². The fraction of sp³-hybridized carbons (Fsp3) is 0.115. The number of esters is 1. The van der Waals surface area contributed by atoms with Crippen molar-refractivity contribution in [3.05, 3.63) is 105 Å². The van der Waals surface area contributed by atoms with Gasteiger partial charge in [0, 0.05) is 43.6 Å². The minimum atomic E-state index is -0.979. The van der Waals surface area contributed by atoms with Crippen LogP contribution in [0.15, 0.2) is 87.9 Å². The number of amides is 1. The minimum absolute atomic E-state index is 0.206. The number of aromatic nitrogens is 1. The van der Waals surface area contributed by atoms with E-state index in [0.717, 1.165) is 25.4 Å². The number of Topliss-reactive ketones (excluding diaryl/α,β-unsaturated/α-hetero) is 1. The zero-order valence-corrected chi connectivity index (χ0v) is 21.1. The first-order valence-corrected chi connectivity index (χ1v) is 12.1. The third-order valence-electron chi connectivity index (χ3n) is 5.31. The van der Waals surface area contributed by atoms with Gasteiger partial charge in [0.25, 0.3) is 5.91 Å². The topological polar surface area (TPSA) is 88.3 Å². The van der Waals surface area contributed by atoms with Gasteiger partial charge in [-0.3, -0.25) is 9.59 Å².